The standard InChI is InChI=1S/C18H16N4O2S/c1-8-6-9(2)19-17-14(8)10(3)15(25-17)16(23)20-11-4-5-12-13(7-11)22-18(24)21-12/h4-7H,1-3H3,(H,20,23)(H2,21,22,24). The van der Waals surface area contributed by atoms with Crippen molar-refractivity contribution in [1.29, 1.82) is 0 Å². The molecule has 3 N–H and O–H groups in total. The molecule has 0 aliphatic heterocycles. The first-order chi connectivity index (χ1) is 11.9. The van der Waals surface area contributed by atoms with Gasteiger partial charge in [-0.3, -0.25) is 4.79 Å². The van der Waals surface area contributed by atoms with Gasteiger partial charge < -0.3 is 15.3 Å². The molecule has 0 fully saturated rings. The van der Waals surface area contributed by atoms with Crippen LogP contribution in [0.15, 0.2) is 29.1 Å². The second-order valence-electron chi connectivity index (χ2n) is 6.11. The number of imidazole rings is 1. The zero-order valence-electron chi connectivity index (χ0n) is 14.0. The molecular weight excluding hydrogens is 336 g/mol. The van der Waals surface area contributed by atoms with Crippen molar-refractivity contribution in [3.8, 4) is 0 Å². The summed E-state index contributed by atoms with van der Waals surface area (Å²) in [6.07, 6.45) is 0. The molecule has 0 aliphatic carbocycles. The van der Waals surface area contributed by atoms with Crippen molar-refractivity contribution in [2.75, 3.05) is 5.32 Å². The van der Waals surface area contributed by atoms with Gasteiger partial charge in [-0.15, -0.1) is 11.3 Å². The summed E-state index contributed by atoms with van der Waals surface area (Å²) in [5, 5.41) is 3.95. The highest BCUT2D eigenvalue weighted by molar-refractivity contribution is 7.20. The van der Waals surface area contributed by atoms with Crippen molar-refractivity contribution in [2.45, 2.75) is 20.8 Å². The van der Waals surface area contributed by atoms with Gasteiger partial charge in [0.25, 0.3) is 5.91 Å². The molecule has 7 heteroatoms. The summed E-state index contributed by atoms with van der Waals surface area (Å²) in [6.45, 7) is 5.94. The number of anilines is 1. The second-order valence-corrected chi connectivity index (χ2v) is 7.11. The minimum atomic E-state index is -0.268. The van der Waals surface area contributed by atoms with E-state index in [0.29, 0.717) is 21.6 Å². The quantitative estimate of drug-likeness (QED) is 0.514. The van der Waals surface area contributed by atoms with Crippen LogP contribution >= 0.6 is 11.3 Å². The summed E-state index contributed by atoms with van der Waals surface area (Å²) >= 11 is 1.40. The van der Waals surface area contributed by atoms with Gasteiger partial charge in [-0.1, -0.05) is 0 Å². The van der Waals surface area contributed by atoms with Crippen molar-refractivity contribution >= 4 is 44.2 Å². The van der Waals surface area contributed by atoms with Crippen molar-refractivity contribution in [2.24, 2.45) is 0 Å². The van der Waals surface area contributed by atoms with E-state index in [-0.39, 0.29) is 11.6 Å². The van der Waals surface area contributed by atoms with Crippen molar-refractivity contribution < 1.29 is 4.79 Å². The fourth-order valence-corrected chi connectivity index (χ4v) is 4.33. The first-order valence-electron chi connectivity index (χ1n) is 7.83. The predicted octanol–water partition coefficient (Wildman–Crippen LogP) is 3.64. The topological polar surface area (TPSA) is 90.6 Å². The number of hydrogen-bond acceptors (Lipinski definition) is 4. The number of aromatic nitrogens is 3. The minimum Gasteiger partial charge on any atom is -0.321 e. The Bertz CT molecular complexity index is 1200. The highest BCUT2D eigenvalue weighted by Gasteiger charge is 2.18. The lowest BCUT2D eigenvalue weighted by Gasteiger charge is -2.05. The van der Waals surface area contributed by atoms with Gasteiger partial charge in [-0.25, -0.2) is 9.78 Å². The lowest BCUT2D eigenvalue weighted by Crippen LogP contribution is -2.11. The zero-order chi connectivity index (χ0) is 17.7. The number of pyridine rings is 1. The number of nitrogens with zero attached hydrogens (tertiary/aromatic N) is 1. The Morgan fingerprint density at radius 1 is 1.12 bits per heavy atom. The number of carbonyl (C=O) groups is 1. The number of carbonyl (C=O) groups excluding carboxylic acids is 1. The molecule has 0 atom stereocenters. The Morgan fingerprint density at radius 3 is 2.68 bits per heavy atom. The van der Waals surface area contributed by atoms with E-state index in [4.69, 9.17) is 0 Å². The Morgan fingerprint density at radius 2 is 1.88 bits per heavy atom. The smallest absolute Gasteiger partial charge is 0.321 e. The molecule has 4 aromatic rings. The number of H-pyrrole nitrogens is 2. The maximum absolute atomic E-state index is 12.7. The fraction of sp³-hybridized carbons (Fsp3) is 0.167. The summed E-state index contributed by atoms with van der Waals surface area (Å²) in [5.74, 6) is -0.171. The molecule has 126 valence electrons. The molecule has 0 saturated carbocycles. The molecule has 0 bridgehead atoms. The average Bonchev–Trinajstić information content (AvgIpc) is 3.06. The van der Waals surface area contributed by atoms with Crippen LogP contribution in [0.1, 0.15) is 26.5 Å². The van der Waals surface area contributed by atoms with Gasteiger partial charge in [0.1, 0.15) is 4.83 Å². The lowest BCUT2D eigenvalue weighted by atomic mass is 10.1. The van der Waals surface area contributed by atoms with Crippen LogP contribution in [0.2, 0.25) is 0 Å². The maximum atomic E-state index is 12.7. The lowest BCUT2D eigenvalue weighted by molar-refractivity contribution is 0.103. The predicted molar refractivity (Wildman–Crippen MR) is 101 cm³/mol. The number of thiophene rings is 1. The van der Waals surface area contributed by atoms with Crippen LogP contribution < -0.4 is 11.0 Å². The fourth-order valence-electron chi connectivity index (χ4n) is 3.13. The number of aryl methyl sites for hydroxylation is 3. The average molecular weight is 352 g/mol. The number of fused-ring (bicyclic) bond motifs is 2. The second kappa shape index (κ2) is 5.56. The third-order valence-corrected chi connectivity index (χ3v) is 5.39. The number of rotatable bonds is 2. The molecule has 25 heavy (non-hydrogen) atoms. The Kier molecular flexibility index (Phi) is 3.47. The van der Waals surface area contributed by atoms with E-state index in [1.165, 1.54) is 11.3 Å². The van der Waals surface area contributed by atoms with Gasteiger partial charge in [0.2, 0.25) is 0 Å². The van der Waals surface area contributed by atoms with E-state index in [1.54, 1.807) is 18.2 Å². The number of amides is 1. The summed E-state index contributed by atoms with van der Waals surface area (Å²) in [6, 6.07) is 7.29. The highest BCUT2D eigenvalue weighted by atomic mass is 32.1. The van der Waals surface area contributed by atoms with Crippen LogP contribution in [0, 0.1) is 20.8 Å². The van der Waals surface area contributed by atoms with Crippen LogP contribution in [-0.4, -0.2) is 20.9 Å². The molecule has 3 heterocycles. The van der Waals surface area contributed by atoms with Gasteiger partial charge in [-0.2, -0.15) is 0 Å². The molecular formula is C18H16N4O2S. The van der Waals surface area contributed by atoms with Gasteiger partial charge in [0.15, 0.2) is 0 Å². The molecule has 0 radical (unpaired) electrons. The molecule has 4 rings (SSSR count). The minimum absolute atomic E-state index is 0.171. The molecule has 6 nitrogen and oxygen atoms in total. The molecule has 1 amide bonds. The van der Waals surface area contributed by atoms with E-state index < -0.39 is 0 Å². The van der Waals surface area contributed by atoms with Crippen molar-refractivity contribution in [3.05, 3.63) is 56.4 Å². The summed E-state index contributed by atoms with van der Waals surface area (Å²) < 4.78 is 0. The molecule has 0 aliphatic rings. The normalized spacial score (nSPS) is 11.3. The third-order valence-electron chi connectivity index (χ3n) is 4.21. The van der Waals surface area contributed by atoms with Crippen molar-refractivity contribution in [3.63, 3.8) is 0 Å². The van der Waals surface area contributed by atoms with E-state index >= 15 is 0 Å². The van der Waals surface area contributed by atoms with Crippen LogP contribution in [0.25, 0.3) is 21.3 Å². The van der Waals surface area contributed by atoms with Gasteiger partial charge in [-0.05, 0) is 56.2 Å². The number of hydrogen-bond donors (Lipinski definition) is 3. The molecule has 0 spiro atoms. The van der Waals surface area contributed by atoms with E-state index in [2.05, 4.69) is 20.3 Å². The third kappa shape index (κ3) is 2.62. The van der Waals surface area contributed by atoms with Gasteiger partial charge in [0.05, 0.1) is 15.9 Å². The zero-order valence-corrected chi connectivity index (χ0v) is 14.8. The van der Waals surface area contributed by atoms with Gasteiger partial charge >= 0.3 is 5.69 Å². The van der Waals surface area contributed by atoms with E-state index in [9.17, 15) is 9.59 Å². The first-order valence-corrected chi connectivity index (χ1v) is 8.65. The molecule has 1 aromatic carbocycles. The monoisotopic (exact) mass is 352 g/mol. The van der Waals surface area contributed by atoms with E-state index in [0.717, 1.165) is 27.0 Å². The summed E-state index contributed by atoms with van der Waals surface area (Å²) in [5.41, 5.74) is 4.74. The van der Waals surface area contributed by atoms with E-state index in [1.807, 2.05) is 26.8 Å². The summed E-state index contributed by atoms with van der Waals surface area (Å²) in [7, 11) is 0. The van der Waals surface area contributed by atoms with Crippen LogP contribution in [0.5, 0.6) is 0 Å². The summed E-state index contributed by atoms with van der Waals surface area (Å²) in [4.78, 5) is 35.5. The van der Waals surface area contributed by atoms with Crippen LogP contribution in [0.4, 0.5) is 5.69 Å². The SMILES string of the molecule is Cc1cc(C)c2c(C)c(C(=O)Nc3ccc4[nH]c(=O)[nH]c4c3)sc2n1. The van der Waals surface area contributed by atoms with Gasteiger partial charge in [0, 0.05) is 16.8 Å². The number of aromatic amines is 2. The van der Waals surface area contributed by atoms with Crippen molar-refractivity contribution in [1.82, 2.24) is 15.0 Å². The first kappa shape index (κ1) is 15.6. The Labute approximate surface area is 146 Å². The molecule has 0 unspecified atom stereocenters. The molecule has 3 aromatic heterocycles. The van der Waals surface area contributed by atoms with Crippen LogP contribution in [0.3, 0.4) is 0 Å². The number of nitrogens with one attached hydrogen (secondary N) is 3. The largest absolute Gasteiger partial charge is 0.323 e. The van der Waals surface area contributed by atoms with Crippen LogP contribution in [-0.2, 0) is 0 Å². The maximum Gasteiger partial charge on any atom is 0.323 e. The molecule has 0 saturated heterocycles. The highest BCUT2D eigenvalue weighted by Crippen LogP contribution is 2.32. The Hall–Kier alpha value is -2.93. The Balaban J connectivity index is 1.72. The number of benzene rings is 1.